The number of benzene rings is 1. The van der Waals surface area contributed by atoms with Crippen LogP contribution in [-0.2, 0) is 9.53 Å². The molecule has 2 heterocycles. The molecule has 0 aliphatic carbocycles. The van der Waals surface area contributed by atoms with E-state index >= 15 is 0 Å². The van der Waals surface area contributed by atoms with Crippen LogP contribution in [0.5, 0.6) is 11.5 Å². The normalized spacial score (nSPS) is 20.5. The lowest BCUT2D eigenvalue weighted by Gasteiger charge is -2.43. The minimum atomic E-state index is -0.796. The van der Waals surface area contributed by atoms with Crippen molar-refractivity contribution in [3.8, 4) is 11.5 Å². The number of carbonyl (C=O) groups excluding carboxylic acids is 3. The van der Waals surface area contributed by atoms with Crippen molar-refractivity contribution in [2.24, 2.45) is 0 Å². The van der Waals surface area contributed by atoms with Gasteiger partial charge in [0.2, 0.25) is 0 Å². The molecule has 2 aliphatic rings. The molecule has 1 saturated heterocycles. The predicted octanol–water partition coefficient (Wildman–Crippen LogP) is 3.12. The molecule has 0 bridgehead atoms. The Morgan fingerprint density at radius 1 is 1.13 bits per heavy atom. The summed E-state index contributed by atoms with van der Waals surface area (Å²) in [5.74, 6) is 0.422. The molecule has 11 nitrogen and oxygen atoms in total. The van der Waals surface area contributed by atoms with Crippen LogP contribution in [0.1, 0.15) is 53.1 Å². The fourth-order valence-corrected chi connectivity index (χ4v) is 5.11. The van der Waals surface area contributed by atoms with Gasteiger partial charge in [0.1, 0.15) is 0 Å². The Balaban J connectivity index is 2.01. The summed E-state index contributed by atoms with van der Waals surface area (Å²) in [7, 11) is 3.06. The number of hydrogen-bond donors (Lipinski definition) is 2. The number of amides is 4. The molecule has 0 aromatic heterocycles. The van der Waals surface area contributed by atoms with Gasteiger partial charge in [-0.2, -0.15) is 0 Å². The largest absolute Gasteiger partial charge is 0.493 e. The molecule has 2 atom stereocenters. The van der Waals surface area contributed by atoms with E-state index in [9.17, 15) is 14.4 Å². The van der Waals surface area contributed by atoms with E-state index in [4.69, 9.17) is 14.2 Å². The van der Waals surface area contributed by atoms with Crippen LogP contribution in [0.2, 0.25) is 0 Å². The molecule has 2 aliphatic heterocycles. The minimum Gasteiger partial charge on any atom is -0.493 e. The maximum atomic E-state index is 13.5. The number of rotatable bonds is 8. The summed E-state index contributed by atoms with van der Waals surface area (Å²) in [6.45, 7) is 14.1. The number of para-hydroxylation sites is 1. The zero-order valence-corrected chi connectivity index (χ0v) is 24.4. The molecule has 2 N–H and O–H groups in total. The maximum Gasteiger partial charge on any atom is 0.338 e. The summed E-state index contributed by atoms with van der Waals surface area (Å²) >= 11 is 0. The average Bonchev–Trinajstić information content (AvgIpc) is 2.87. The SMILES string of the molecule is CCOC(=O)C1=C(CN2CCN(C(=O)NC(C)(C)C)C(C)C2)N(CC)C(=O)NC1c1cccc(OC)c1OC. The lowest BCUT2D eigenvalue weighted by molar-refractivity contribution is -0.139. The van der Waals surface area contributed by atoms with Crippen LogP contribution in [0.15, 0.2) is 29.5 Å². The van der Waals surface area contributed by atoms with Gasteiger partial charge in [-0.25, -0.2) is 14.4 Å². The molecule has 0 spiro atoms. The lowest BCUT2D eigenvalue weighted by Crippen LogP contribution is -2.59. The van der Waals surface area contributed by atoms with Gasteiger partial charge in [-0.3, -0.25) is 9.80 Å². The van der Waals surface area contributed by atoms with Gasteiger partial charge in [0.25, 0.3) is 0 Å². The van der Waals surface area contributed by atoms with Gasteiger partial charge in [-0.15, -0.1) is 0 Å². The Morgan fingerprint density at radius 2 is 1.85 bits per heavy atom. The smallest absolute Gasteiger partial charge is 0.338 e. The molecule has 2 unspecified atom stereocenters. The van der Waals surface area contributed by atoms with E-state index < -0.39 is 12.0 Å². The van der Waals surface area contributed by atoms with Gasteiger partial charge in [0.05, 0.1) is 32.4 Å². The van der Waals surface area contributed by atoms with Crippen LogP contribution in [0, 0.1) is 0 Å². The molecule has 1 aromatic rings. The number of methoxy groups -OCH3 is 2. The van der Waals surface area contributed by atoms with Crippen LogP contribution in [-0.4, -0.2) is 97.9 Å². The summed E-state index contributed by atoms with van der Waals surface area (Å²) in [6, 6.07) is 4.09. The van der Waals surface area contributed by atoms with Crippen LogP contribution in [0.4, 0.5) is 9.59 Å². The molecule has 3 rings (SSSR count). The number of urea groups is 2. The molecule has 1 fully saturated rings. The highest BCUT2D eigenvalue weighted by Gasteiger charge is 2.40. The van der Waals surface area contributed by atoms with Crippen LogP contribution >= 0.6 is 0 Å². The molecule has 4 amide bonds. The second-order valence-corrected chi connectivity index (χ2v) is 10.7. The van der Waals surface area contributed by atoms with Crippen molar-refractivity contribution in [2.45, 2.75) is 59.2 Å². The van der Waals surface area contributed by atoms with Gasteiger partial charge in [0.15, 0.2) is 11.5 Å². The lowest BCUT2D eigenvalue weighted by atomic mass is 9.93. The van der Waals surface area contributed by atoms with Gasteiger partial charge in [-0.05, 0) is 47.6 Å². The maximum absolute atomic E-state index is 13.5. The first-order valence-corrected chi connectivity index (χ1v) is 13.5. The molecule has 39 heavy (non-hydrogen) atoms. The topological polar surface area (TPSA) is 113 Å². The first-order valence-electron chi connectivity index (χ1n) is 13.5. The molecule has 0 radical (unpaired) electrons. The van der Waals surface area contributed by atoms with Gasteiger partial charge >= 0.3 is 18.0 Å². The van der Waals surface area contributed by atoms with E-state index in [0.29, 0.717) is 61.1 Å². The molecular weight excluding hydrogens is 502 g/mol. The Bertz CT molecular complexity index is 1100. The summed E-state index contributed by atoms with van der Waals surface area (Å²) in [5, 5.41) is 6.01. The molecule has 216 valence electrons. The van der Waals surface area contributed by atoms with E-state index in [-0.39, 0.29) is 30.2 Å². The third-order valence-corrected chi connectivity index (χ3v) is 6.82. The van der Waals surface area contributed by atoms with Crippen molar-refractivity contribution in [2.75, 3.05) is 53.6 Å². The van der Waals surface area contributed by atoms with Crippen LogP contribution in [0.3, 0.4) is 0 Å². The van der Waals surface area contributed by atoms with Crippen LogP contribution in [0.25, 0.3) is 0 Å². The first kappa shape index (κ1) is 30.1. The van der Waals surface area contributed by atoms with Crippen molar-refractivity contribution in [3.05, 3.63) is 35.0 Å². The Morgan fingerprint density at radius 3 is 2.41 bits per heavy atom. The molecule has 11 heteroatoms. The zero-order chi connectivity index (χ0) is 28.9. The van der Waals surface area contributed by atoms with E-state index in [1.54, 1.807) is 30.0 Å². The summed E-state index contributed by atoms with van der Waals surface area (Å²) in [4.78, 5) is 45.3. The first-order chi connectivity index (χ1) is 18.4. The van der Waals surface area contributed by atoms with E-state index in [2.05, 4.69) is 15.5 Å². The van der Waals surface area contributed by atoms with Crippen molar-refractivity contribution >= 4 is 18.0 Å². The highest BCUT2D eigenvalue weighted by Crippen LogP contribution is 2.40. The van der Waals surface area contributed by atoms with E-state index in [1.165, 1.54) is 14.2 Å². The summed E-state index contributed by atoms with van der Waals surface area (Å²) < 4.78 is 16.6. The third kappa shape index (κ3) is 6.76. The number of hydrogen-bond acceptors (Lipinski definition) is 7. The molecule has 1 aromatic carbocycles. The van der Waals surface area contributed by atoms with Crippen molar-refractivity contribution in [3.63, 3.8) is 0 Å². The number of esters is 1. The third-order valence-electron chi connectivity index (χ3n) is 6.82. The number of carbonyl (C=O) groups is 3. The predicted molar refractivity (Wildman–Crippen MR) is 148 cm³/mol. The quantitative estimate of drug-likeness (QED) is 0.483. The van der Waals surface area contributed by atoms with E-state index in [0.717, 1.165) is 0 Å². The number of likely N-dealkylation sites (N-methyl/N-ethyl adjacent to an activating group) is 1. The Kier molecular flexibility index (Phi) is 9.71. The van der Waals surface area contributed by atoms with Crippen LogP contribution < -0.4 is 20.1 Å². The minimum absolute atomic E-state index is 0.0606. The zero-order valence-electron chi connectivity index (χ0n) is 24.4. The monoisotopic (exact) mass is 545 g/mol. The standard InChI is InChI=1S/C28H43N5O6/c1-9-32-20(17-31-14-15-33(18(3)16-31)27(36)30-28(4,5)6)22(25(34)39-10-2)23(29-26(32)35)19-12-11-13-21(37-7)24(19)38-8/h11-13,18,23H,9-10,14-17H2,1-8H3,(H,29,35)(H,30,36). The van der Waals surface area contributed by atoms with Crippen molar-refractivity contribution in [1.29, 1.82) is 0 Å². The van der Waals surface area contributed by atoms with Crippen molar-refractivity contribution < 1.29 is 28.6 Å². The number of nitrogens with zero attached hydrogens (tertiary/aromatic N) is 3. The Hall–Kier alpha value is -3.47. The average molecular weight is 546 g/mol. The summed E-state index contributed by atoms with van der Waals surface area (Å²) in [6.07, 6.45) is 0. The Labute approximate surface area is 231 Å². The number of nitrogens with one attached hydrogen (secondary N) is 2. The van der Waals surface area contributed by atoms with Gasteiger partial charge < -0.3 is 29.7 Å². The van der Waals surface area contributed by atoms with Gasteiger partial charge in [0, 0.05) is 55.6 Å². The highest BCUT2D eigenvalue weighted by molar-refractivity contribution is 5.95. The fraction of sp³-hybridized carbons (Fsp3) is 0.607. The molecule has 0 saturated carbocycles. The second kappa shape index (κ2) is 12.6. The molecular formula is C28H43N5O6. The van der Waals surface area contributed by atoms with Crippen molar-refractivity contribution in [1.82, 2.24) is 25.3 Å². The second-order valence-electron chi connectivity index (χ2n) is 10.7. The van der Waals surface area contributed by atoms with E-state index in [1.807, 2.05) is 39.5 Å². The number of ether oxygens (including phenoxy) is 3. The highest BCUT2D eigenvalue weighted by atomic mass is 16.5. The fourth-order valence-electron chi connectivity index (χ4n) is 5.11. The van der Waals surface area contributed by atoms with Gasteiger partial charge in [-0.1, -0.05) is 12.1 Å². The summed E-state index contributed by atoms with van der Waals surface area (Å²) in [5.41, 5.74) is 1.19. The number of piperazine rings is 1.